The number of carbonyl (C=O) groups is 2. The van der Waals surface area contributed by atoms with Crippen molar-refractivity contribution in [3.8, 4) is 0 Å². The highest BCUT2D eigenvalue weighted by molar-refractivity contribution is 6.35. The predicted molar refractivity (Wildman–Crippen MR) is 96.1 cm³/mol. The average molecular weight is 363 g/mol. The molecule has 0 aliphatic heterocycles. The third kappa shape index (κ3) is 4.65. The van der Waals surface area contributed by atoms with Gasteiger partial charge in [-0.2, -0.15) is 0 Å². The van der Waals surface area contributed by atoms with Gasteiger partial charge in [0, 0.05) is 30.1 Å². The highest BCUT2D eigenvalue weighted by Gasteiger charge is 2.23. The quantitative estimate of drug-likeness (QED) is 0.704. The van der Waals surface area contributed by atoms with Gasteiger partial charge in [0.25, 0.3) is 0 Å². The molecule has 4 nitrogen and oxygen atoms in total. The molecule has 2 aromatic rings. The molecule has 0 radical (unpaired) electrons. The second kappa shape index (κ2) is 8.74. The minimum absolute atomic E-state index is 0.0714. The van der Waals surface area contributed by atoms with E-state index in [1.807, 2.05) is 6.92 Å². The molecule has 0 saturated heterocycles. The highest BCUT2D eigenvalue weighted by Crippen LogP contribution is 2.29. The molecular weight excluding hydrogens is 343 g/mol. The Kier molecular flexibility index (Phi) is 6.67. The van der Waals surface area contributed by atoms with Crippen molar-refractivity contribution in [3.63, 3.8) is 0 Å². The molecule has 0 aliphatic carbocycles. The summed E-state index contributed by atoms with van der Waals surface area (Å²) in [6, 6.07) is 11.2. The molecule has 6 heteroatoms. The Hall–Kier alpha value is -2.24. The summed E-state index contributed by atoms with van der Waals surface area (Å²) in [4.78, 5) is 23.5. The van der Waals surface area contributed by atoms with E-state index in [2.05, 4.69) is 5.32 Å². The van der Waals surface area contributed by atoms with E-state index in [0.29, 0.717) is 24.1 Å². The van der Waals surface area contributed by atoms with Crippen molar-refractivity contribution in [2.45, 2.75) is 25.8 Å². The van der Waals surface area contributed by atoms with Gasteiger partial charge in [-0.3, -0.25) is 9.59 Å². The van der Waals surface area contributed by atoms with Crippen LogP contribution in [-0.2, 0) is 4.79 Å². The van der Waals surface area contributed by atoms with E-state index >= 15 is 4.39 Å². The van der Waals surface area contributed by atoms with E-state index in [-0.39, 0.29) is 23.0 Å². The summed E-state index contributed by atoms with van der Waals surface area (Å²) in [6.07, 6.45) is 0.734. The Bertz CT molecular complexity index is 766. The Morgan fingerprint density at radius 1 is 1.20 bits per heavy atom. The molecule has 2 rings (SSSR count). The smallest absolute Gasteiger partial charge is 0.218 e. The van der Waals surface area contributed by atoms with Gasteiger partial charge in [-0.15, -0.1) is 0 Å². The lowest BCUT2D eigenvalue weighted by Gasteiger charge is -2.19. The van der Waals surface area contributed by atoms with E-state index in [9.17, 15) is 9.59 Å². The molecule has 0 aliphatic rings. The van der Waals surface area contributed by atoms with Crippen LogP contribution in [0.2, 0.25) is 5.02 Å². The molecule has 0 saturated carbocycles. The van der Waals surface area contributed by atoms with Gasteiger partial charge in [-0.25, -0.2) is 4.39 Å². The number of ketones is 1. The molecule has 1 amide bonds. The van der Waals surface area contributed by atoms with Gasteiger partial charge >= 0.3 is 0 Å². The molecule has 2 aromatic carbocycles. The van der Waals surface area contributed by atoms with Gasteiger partial charge in [0.1, 0.15) is 5.82 Å². The number of halogens is 2. The fourth-order valence-corrected chi connectivity index (χ4v) is 2.86. The lowest BCUT2D eigenvalue weighted by Crippen LogP contribution is -2.27. The molecule has 0 aromatic heterocycles. The maximum atomic E-state index is 15.1. The Balaban J connectivity index is 2.35. The summed E-state index contributed by atoms with van der Waals surface area (Å²) < 4.78 is 15.1. The van der Waals surface area contributed by atoms with Gasteiger partial charge < -0.3 is 11.1 Å². The van der Waals surface area contributed by atoms with Crippen LogP contribution in [0.1, 0.15) is 47.3 Å². The van der Waals surface area contributed by atoms with Crippen LogP contribution in [0.4, 0.5) is 4.39 Å². The van der Waals surface area contributed by atoms with Crippen molar-refractivity contribution in [2.24, 2.45) is 5.73 Å². The maximum absolute atomic E-state index is 15.1. The zero-order valence-corrected chi connectivity index (χ0v) is 14.6. The molecule has 132 valence electrons. The third-order valence-corrected chi connectivity index (χ3v) is 4.24. The minimum atomic E-state index is -0.639. The largest absolute Gasteiger partial charge is 0.370 e. The van der Waals surface area contributed by atoms with E-state index < -0.39 is 17.5 Å². The van der Waals surface area contributed by atoms with Gasteiger partial charge in [-0.05, 0) is 12.5 Å². The van der Waals surface area contributed by atoms with Crippen LogP contribution in [0.3, 0.4) is 0 Å². The van der Waals surface area contributed by atoms with E-state index in [1.54, 1.807) is 36.4 Å². The first-order valence-electron chi connectivity index (χ1n) is 8.05. The Labute approximate surface area is 151 Å². The minimum Gasteiger partial charge on any atom is -0.370 e. The van der Waals surface area contributed by atoms with Crippen LogP contribution < -0.4 is 11.1 Å². The fraction of sp³-hybridized carbons (Fsp3) is 0.263. The molecule has 3 N–H and O–H groups in total. The van der Waals surface area contributed by atoms with Gasteiger partial charge in [0.05, 0.1) is 10.6 Å². The molecule has 0 bridgehead atoms. The van der Waals surface area contributed by atoms with Crippen LogP contribution in [-0.4, -0.2) is 18.2 Å². The van der Waals surface area contributed by atoms with Crippen molar-refractivity contribution in [1.82, 2.24) is 5.32 Å². The van der Waals surface area contributed by atoms with Crippen LogP contribution >= 0.6 is 11.6 Å². The summed E-state index contributed by atoms with van der Waals surface area (Å²) in [5, 5.41) is 3.16. The zero-order chi connectivity index (χ0) is 18.4. The van der Waals surface area contributed by atoms with Crippen molar-refractivity contribution >= 4 is 23.3 Å². The lowest BCUT2D eigenvalue weighted by molar-refractivity contribution is -0.117. The standard InChI is InChI=1S/C19H20ClFN2O2/c1-2-15(23-11-10-16(22)24)13-8-9-14(20)17(18(13)21)19(25)12-6-4-3-5-7-12/h3-9,15,23H,2,10-11H2,1H3,(H2,22,24)/t15-/m1/s1. The molecule has 0 fully saturated rings. The topological polar surface area (TPSA) is 72.2 Å². The van der Waals surface area contributed by atoms with Crippen LogP contribution in [0.5, 0.6) is 0 Å². The predicted octanol–water partition coefficient (Wildman–Crippen LogP) is 3.63. The summed E-state index contributed by atoms with van der Waals surface area (Å²) in [7, 11) is 0. The zero-order valence-electron chi connectivity index (χ0n) is 13.9. The number of carbonyl (C=O) groups excluding carboxylic acids is 2. The second-order valence-corrected chi connectivity index (χ2v) is 6.06. The Morgan fingerprint density at radius 3 is 2.48 bits per heavy atom. The second-order valence-electron chi connectivity index (χ2n) is 5.65. The van der Waals surface area contributed by atoms with Crippen molar-refractivity contribution < 1.29 is 14.0 Å². The number of benzene rings is 2. The van der Waals surface area contributed by atoms with Crippen LogP contribution in [0.25, 0.3) is 0 Å². The van der Waals surface area contributed by atoms with Crippen LogP contribution in [0, 0.1) is 5.82 Å². The first-order chi connectivity index (χ1) is 12.0. The van der Waals surface area contributed by atoms with Gasteiger partial charge in [0.2, 0.25) is 5.91 Å². The van der Waals surface area contributed by atoms with Crippen LogP contribution in [0.15, 0.2) is 42.5 Å². The SMILES string of the molecule is CC[C@@H](NCCC(N)=O)c1ccc(Cl)c(C(=O)c2ccccc2)c1F. The first-order valence-corrected chi connectivity index (χ1v) is 8.42. The molecule has 25 heavy (non-hydrogen) atoms. The molecule has 0 unspecified atom stereocenters. The number of nitrogens with one attached hydrogen (secondary N) is 1. The molecular formula is C19H20ClFN2O2. The summed E-state index contributed by atoms with van der Waals surface area (Å²) in [5.74, 6) is -1.53. The lowest BCUT2D eigenvalue weighted by atomic mass is 9.96. The maximum Gasteiger partial charge on any atom is 0.218 e. The van der Waals surface area contributed by atoms with E-state index in [1.165, 1.54) is 6.07 Å². The third-order valence-electron chi connectivity index (χ3n) is 3.93. The summed E-state index contributed by atoms with van der Waals surface area (Å²) in [6.45, 7) is 2.21. The number of primary amides is 1. The number of hydrogen-bond acceptors (Lipinski definition) is 3. The fourth-order valence-electron chi connectivity index (χ4n) is 2.62. The summed E-state index contributed by atoms with van der Waals surface area (Å²) >= 11 is 6.10. The van der Waals surface area contributed by atoms with Crippen molar-refractivity contribution in [1.29, 1.82) is 0 Å². The number of amides is 1. The molecule has 0 spiro atoms. The Morgan fingerprint density at radius 2 is 1.88 bits per heavy atom. The van der Waals surface area contributed by atoms with E-state index in [0.717, 1.165) is 0 Å². The van der Waals surface area contributed by atoms with Crippen molar-refractivity contribution in [2.75, 3.05) is 6.54 Å². The summed E-state index contributed by atoms with van der Waals surface area (Å²) in [5.41, 5.74) is 5.70. The monoisotopic (exact) mass is 362 g/mol. The van der Waals surface area contributed by atoms with Gasteiger partial charge in [-0.1, -0.05) is 54.9 Å². The van der Waals surface area contributed by atoms with Gasteiger partial charge in [0.15, 0.2) is 5.78 Å². The first kappa shape index (κ1) is 19.1. The van der Waals surface area contributed by atoms with E-state index in [4.69, 9.17) is 17.3 Å². The number of rotatable bonds is 8. The molecule has 1 atom stereocenters. The normalized spacial score (nSPS) is 12.0. The molecule has 0 heterocycles. The highest BCUT2D eigenvalue weighted by atomic mass is 35.5. The van der Waals surface area contributed by atoms with Crippen molar-refractivity contribution in [3.05, 3.63) is 70.0 Å². The average Bonchev–Trinajstić information content (AvgIpc) is 2.60. The number of hydrogen-bond donors (Lipinski definition) is 2. The number of nitrogens with two attached hydrogens (primary N) is 1.